The molecule has 2 N–H and O–H groups in total. The highest BCUT2D eigenvalue weighted by Crippen LogP contribution is 2.52. The van der Waals surface area contributed by atoms with Crippen molar-refractivity contribution in [2.75, 3.05) is 7.11 Å². The number of ether oxygens (including phenoxy) is 2. The van der Waals surface area contributed by atoms with Gasteiger partial charge in [0.05, 0.1) is 48.1 Å². The van der Waals surface area contributed by atoms with Crippen LogP contribution in [0.15, 0.2) is 54.6 Å². The predicted molar refractivity (Wildman–Crippen MR) is 151 cm³/mol. The van der Waals surface area contributed by atoms with E-state index in [4.69, 9.17) is 9.47 Å². The summed E-state index contributed by atoms with van der Waals surface area (Å²) in [5.41, 5.74) is -3.50. The molecule has 6 rings (SSSR count). The molecule has 0 aromatic heterocycles. The minimum Gasteiger partial charge on any atom is -0.496 e. The van der Waals surface area contributed by atoms with Gasteiger partial charge in [0.25, 0.3) is 0 Å². The zero-order valence-electron chi connectivity index (χ0n) is 25.0. The zero-order valence-corrected chi connectivity index (χ0v) is 25.0. The third kappa shape index (κ3) is 6.17. The number of halogens is 9. The van der Waals surface area contributed by atoms with Crippen LogP contribution >= 0.6 is 0 Å². The van der Waals surface area contributed by atoms with Gasteiger partial charge in [-0.2, -0.15) is 39.5 Å². The van der Waals surface area contributed by atoms with Crippen molar-refractivity contribution in [2.45, 2.75) is 80.5 Å². The second-order valence-electron chi connectivity index (χ2n) is 12.3. The van der Waals surface area contributed by atoms with Crippen LogP contribution in [0.25, 0.3) is 11.1 Å². The smallest absolute Gasteiger partial charge is 0.416 e. The van der Waals surface area contributed by atoms with Crippen LogP contribution in [0, 0.1) is 0 Å². The highest BCUT2D eigenvalue weighted by molar-refractivity contribution is 5.78. The quantitative estimate of drug-likeness (QED) is 0.263. The summed E-state index contributed by atoms with van der Waals surface area (Å²) in [7, 11) is 1.35. The second kappa shape index (κ2) is 11.9. The minimum atomic E-state index is -5.15. The highest BCUT2D eigenvalue weighted by Gasteiger charge is 2.52. The lowest BCUT2D eigenvalue weighted by atomic mass is 9.88. The van der Waals surface area contributed by atoms with E-state index in [9.17, 15) is 54.5 Å². The maximum atomic E-state index is 14.0. The number of carbonyl (C=O) groups is 1. The Morgan fingerprint density at radius 3 is 1.90 bits per heavy atom. The topological polar surface area (TPSA) is 79.2 Å². The van der Waals surface area contributed by atoms with E-state index < -0.39 is 77.3 Å². The van der Waals surface area contributed by atoms with Gasteiger partial charge in [-0.1, -0.05) is 12.1 Å². The summed E-state index contributed by atoms with van der Waals surface area (Å²) >= 11 is 0. The second-order valence-corrected chi connectivity index (χ2v) is 12.3. The summed E-state index contributed by atoms with van der Waals surface area (Å²) in [4.78, 5) is 14.4. The summed E-state index contributed by atoms with van der Waals surface area (Å²) < 4.78 is 135. The van der Waals surface area contributed by atoms with Crippen molar-refractivity contribution in [1.82, 2.24) is 4.90 Å². The number of cyclic esters (lactones) is 1. The van der Waals surface area contributed by atoms with E-state index in [2.05, 4.69) is 0 Å². The monoisotopic (exact) mass is 689 g/mol. The van der Waals surface area contributed by atoms with Crippen LogP contribution in [0.5, 0.6) is 5.75 Å². The van der Waals surface area contributed by atoms with Crippen LogP contribution < -0.4 is 4.74 Å². The van der Waals surface area contributed by atoms with Gasteiger partial charge in [0.2, 0.25) is 0 Å². The average molecular weight is 690 g/mol. The number of aliphatic hydroxyl groups is 2. The van der Waals surface area contributed by atoms with Gasteiger partial charge in [-0.15, -0.1) is 0 Å². The van der Waals surface area contributed by atoms with E-state index >= 15 is 0 Å². The Bertz CT molecular complexity index is 1680. The lowest BCUT2D eigenvalue weighted by Gasteiger charge is -2.26. The molecule has 258 valence electrons. The van der Waals surface area contributed by atoms with E-state index in [0.29, 0.717) is 23.3 Å². The van der Waals surface area contributed by atoms with Crippen LogP contribution in [0.2, 0.25) is 0 Å². The van der Waals surface area contributed by atoms with Crippen molar-refractivity contribution >= 4 is 6.09 Å². The molecule has 1 amide bonds. The molecular weight excluding hydrogens is 661 g/mol. The number of methoxy groups -OCH3 is 1. The maximum Gasteiger partial charge on any atom is 0.416 e. The lowest BCUT2D eigenvalue weighted by Crippen LogP contribution is -2.31. The molecule has 1 saturated carbocycles. The van der Waals surface area contributed by atoms with Gasteiger partial charge >= 0.3 is 24.6 Å². The number of benzene rings is 3. The van der Waals surface area contributed by atoms with E-state index in [1.807, 2.05) is 0 Å². The Kier molecular flexibility index (Phi) is 8.38. The third-order valence-electron chi connectivity index (χ3n) is 9.37. The number of rotatable bonds is 5. The molecule has 0 spiro atoms. The lowest BCUT2D eigenvalue weighted by molar-refractivity contribution is -0.143. The van der Waals surface area contributed by atoms with Gasteiger partial charge in [0, 0.05) is 5.56 Å². The first-order valence-electron chi connectivity index (χ1n) is 14.9. The Balaban J connectivity index is 1.43. The first kappa shape index (κ1) is 33.9. The van der Waals surface area contributed by atoms with Crippen molar-refractivity contribution < 1.29 is 64.0 Å². The van der Waals surface area contributed by atoms with E-state index in [0.717, 1.165) is 17.0 Å². The standard InChI is InChI=1S/C33H28F9NO5/c1-47-28-7-2-15(16-11-26(44)27(45)12-16)10-23(28)21-4-3-18(31(34,35)36)14-22(21)24-5-6-25-29(48-30(46)43(24)25)17-8-19(32(37,38)39)13-20(9-17)33(40,41)42/h2-4,7-10,13-14,16,24-27,29,44-45H,5-6,11-12H2,1H3/t16?,24-,25-,26-,27+,29+/m0/s1. The Morgan fingerprint density at radius 1 is 0.729 bits per heavy atom. The fourth-order valence-electron chi connectivity index (χ4n) is 7.10. The molecule has 6 atom stereocenters. The van der Waals surface area contributed by atoms with Gasteiger partial charge in [0.15, 0.2) is 0 Å². The fraction of sp³-hybridized carbons (Fsp3) is 0.424. The molecule has 15 heteroatoms. The molecule has 2 heterocycles. The number of hydrogen-bond donors (Lipinski definition) is 2. The number of nitrogens with zero attached hydrogens (tertiary/aromatic N) is 1. The molecule has 1 unspecified atom stereocenters. The minimum absolute atomic E-state index is 0.00335. The SMILES string of the molecule is COc1ccc(C2C[C@@H](O)[C@@H](O)C2)cc1-c1ccc(C(F)(F)F)cc1[C@@H]1CC[C@H]2[C@@H](c3cc(C(F)(F)F)cc(C(F)(F)F)c3)OC(=O)N12. The molecule has 3 aliphatic rings. The van der Waals surface area contributed by atoms with E-state index in [1.165, 1.54) is 13.2 Å². The number of hydrogen-bond acceptors (Lipinski definition) is 5. The number of amides is 1. The van der Waals surface area contributed by atoms with Crippen molar-refractivity contribution in [3.05, 3.63) is 88.0 Å². The van der Waals surface area contributed by atoms with Crippen LogP contribution in [-0.2, 0) is 23.3 Å². The molecule has 2 saturated heterocycles. The van der Waals surface area contributed by atoms with Crippen LogP contribution in [0.3, 0.4) is 0 Å². The zero-order chi connectivity index (χ0) is 34.9. The van der Waals surface area contributed by atoms with Gasteiger partial charge in [-0.05, 0) is 96.3 Å². The van der Waals surface area contributed by atoms with Gasteiger partial charge in [0.1, 0.15) is 11.9 Å². The molecule has 3 aromatic rings. The summed E-state index contributed by atoms with van der Waals surface area (Å²) in [6, 6.07) is 6.64. The predicted octanol–water partition coefficient (Wildman–Crippen LogP) is 8.41. The molecule has 48 heavy (non-hydrogen) atoms. The fourth-order valence-corrected chi connectivity index (χ4v) is 7.10. The van der Waals surface area contributed by atoms with Crippen molar-refractivity contribution in [2.24, 2.45) is 0 Å². The van der Waals surface area contributed by atoms with Crippen LogP contribution in [0.4, 0.5) is 44.3 Å². The molecule has 6 nitrogen and oxygen atoms in total. The number of fused-ring (bicyclic) bond motifs is 1. The van der Waals surface area contributed by atoms with E-state index in [-0.39, 0.29) is 54.5 Å². The average Bonchev–Trinajstić information content (AvgIpc) is 3.69. The number of alkyl halides is 9. The van der Waals surface area contributed by atoms with Gasteiger partial charge in [-0.3, -0.25) is 4.90 Å². The van der Waals surface area contributed by atoms with Crippen molar-refractivity contribution in [3.63, 3.8) is 0 Å². The summed E-state index contributed by atoms with van der Waals surface area (Å²) in [6.07, 6.45) is -19.2. The normalized spacial score (nSPS) is 26.2. The molecular formula is C33H28F9NO5. The molecule has 1 aliphatic carbocycles. The Hall–Kier alpha value is -3.98. The highest BCUT2D eigenvalue weighted by atomic mass is 19.4. The molecule has 3 fully saturated rings. The van der Waals surface area contributed by atoms with Gasteiger partial charge < -0.3 is 19.7 Å². The molecule has 3 aromatic carbocycles. The van der Waals surface area contributed by atoms with Crippen LogP contribution in [-0.4, -0.2) is 46.6 Å². The van der Waals surface area contributed by atoms with E-state index in [1.54, 1.807) is 18.2 Å². The first-order valence-corrected chi connectivity index (χ1v) is 14.9. The summed E-state index contributed by atoms with van der Waals surface area (Å²) in [5.74, 6) is -0.0179. The summed E-state index contributed by atoms with van der Waals surface area (Å²) in [6.45, 7) is 0. The van der Waals surface area contributed by atoms with Crippen molar-refractivity contribution in [1.29, 1.82) is 0 Å². The van der Waals surface area contributed by atoms with Crippen LogP contribution in [0.1, 0.15) is 77.1 Å². The Morgan fingerprint density at radius 2 is 1.33 bits per heavy atom. The molecule has 2 aliphatic heterocycles. The largest absolute Gasteiger partial charge is 0.496 e. The number of carbonyl (C=O) groups excluding carboxylic acids is 1. The first-order chi connectivity index (χ1) is 22.4. The molecule has 0 bridgehead atoms. The Labute approximate surface area is 267 Å². The molecule has 0 radical (unpaired) electrons. The third-order valence-corrected chi connectivity index (χ3v) is 9.37. The summed E-state index contributed by atoms with van der Waals surface area (Å²) in [5, 5.41) is 20.2. The maximum absolute atomic E-state index is 14.0. The van der Waals surface area contributed by atoms with Crippen molar-refractivity contribution in [3.8, 4) is 16.9 Å². The number of aliphatic hydroxyl groups excluding tert-OH is 2. The van der Waals surface area contributed by atoms with Gasteiger partial charge in [-0.25, -0.2) is 4.79 Å².